The lowest BCUT2D eigenvalue weighted by atomic mass is 10.2. The van der Waals surface area contributed by atoms with Crippen LogP contribution in [-0.4, -0.2) is 23.9 Å². The molecule has 0 fully saturated rings. The third kappa shape index (κ3) is 2.32. The highest BCUT2D eigenvalue weighted by molar-refractivity contribution is 5.35. The van der Waals surface area contributed by atoms with Crippen molar-refractivity contribution in [2.75, 3.05) is 14.1 Å². The minimum atomic E-state index is -0.422. The van der Waals surface area contributed by atoms with Gasteiger partial charge in [0.05, 0.1) is 4.92 Å². The van der Waals surface area contributed by atoms with Gasteiger partial charge in [-0.1, -0.05) is 6.58 Å². The quantitative estimate of drug-likeness (QED) is 0.500. The predicted molar refractivity (Wildman–Crippen MR) is 56.0 cm³/mol. The second-order valence-electron chi connectivity index (χ2n) is 3.23. The van der Waals surface area contributed by atoms with Crippen molar-refractivity contribution in [3.8, 4) is 0 Å². The third-order valence-corrected chi connectivity index (χ3v) is 1.73. The molecule has 4 heteroatoms. The summed E-state index contributed by atoms with van der Waals surface area (Å²) in [5.74, 6) is 0. The second-order valence-corrected chi connectivity index (χ2v) is 3.23. The summed E-state index contributed by atoms with van der Waals surface area (Å²) in [6.45, 7) is 3.75. The minimum Gasteiger partial charge on any atom is -0.383 e. The molecule has 0 spiro atoms. The molecule has 0 bridgehead atoms. The van der Waals surface area contributed by atoms with Crippen molar-refractivity contribution in [1.29, 1.82) is 0 Å². The van der Waals surface area contributed by atoms with Crippen LogP contribution < -0.4 is 10.4 Å². The summed E-state index contributed by atoms with van der Waals surface area (Å²) in [6.07, 6.45) is 1.87. The number of hydrogen-bond donors (Lipinski definition) is 0. The lowest BCUT2D eigenvalue weighted by Gasteiger charge is -2.02. The fourth-order valence-electron chi connectivity index (χ4n) is 1.11. The van der Waals surface area contributed by atoms with Crippen molar-refractivity contribution in [1.82, 2.24) is 4.90 Å². The Kier molecular flexibility index (Phi) is 2.86. The molecule has 14 heavy (non-hydrogen) atoms. The summed E-state index contributed by atoms with van der Waals surface area (Å²) in [7, 11) is 3.78. The van der Waals surface area contributed by atoms with E-state index in [-0.39, 0.29) is 5.69 Å². The van der Waals surface area contributed by atoms with Gasteiger partial charge in [0.2, 0.25) is 0 Å². The van der Waals surface area contributed by atoms with Gasteiger partial charge >= 0.3 is 0 Å². The summed E-state index contributed by atoms with van der Waals surface area (Å²) in [5, 5.41) is 12.0. The molecular formula is C10H12N2O2. The average molecular weight is 192 g/mol. The van der Waals surface area contributed by atoms with Crippen molar-refractivity contribution in [3.63, 3.8) is 0 Å². The van der Waals surface area contributed by atoms with Crippen LogP contribution in [-0.2, 0) is 0 Å². The van der Waals surface area contributed by atoms with Crippen LogP contribution in [0.3, 0.4) is 0 Å². The fraction of sp³-hybridized carbons (Fsp3) is 0.200. The monoisotopic (exact) mass is 192 g/mol. The average Bonchev–Trinajstić information content (AvgIpc) is 2.07. The summed E-state index contributed by atoms with van der Waals surface area (Å²) < 4.78 is 0. The minimum absolute atomic E-state index is 0.0749. The van der Waals surface area contributed by atoms with E-state index in [0.717, 1.165) is 5.22 Å². The topological polar surface area (TPSA) is 46.4 Å². The van der Waals surface area contributed by atoms with Gasteiger partial charge in [0.1, 0.15) is 0 Å². The van der Waals surface area contributed by atoms with Crippen molar-refractivity contribution < 1.29 is 4.92 Å². The second kappa shape index (κ2) is 3.91. The normalized spacial score (nSPS) is 11.4. The largest absolute Gasteiger partial charge is 0.383 e. The Labute approximate surface area is 81.9 Å². The molecule has 0 aliphatic carbocycles. The van der Waals surface area contributed by atoms with Gasteiger partial charge in [-0.25, -0.2) is 0 Å². The van der Waals surface area contributed by atoms with Gasteiger partial charge in [0.15, 0.2) is 0 Å². The van der Waals surface area contributed by atoms with E-state index in [1.165, 1.54) is 12.1 Å². The van der Waals surface area contributed by atoms with Crippen LogP contribution in [0.1, 0.15) is 0 Å². The molecule has 0 aromatic heterocycles. The van der Waals surface area contributed by atoms with E-state index in [9.17, 15) is 10.1 Å². The zero-order chi connectivity index (χ0) is 10.7. The molecule has 1 rings (SSSR count). The SMILES string of the molecule is C=c1cc([N+](=O)[O-])cc/c1=C/N(C)C. The van der Waals surface area contributed by atoms with E-state index in [4.69, 9.17) is 0 Å². The van der Waals surface area contributed by atoms with Crippen LogP contribution in [0.2, 0.25) is 0 Å². The van der Waals surface area contributed by atoms with E-state index >= 15 is 0 Å². The number of non-ortho nitro benzene ring substituents is 1. The Balaban J connectivity index is 3.28. The molecule has 0 atom stereocenters. The van der Waals surface area contributed by atoms with Crippen molar-refractivity contribution in [2.45, 2.75) is 0 Å². The number of rotatable bonds is 2. The highest BCUT2D eigenvalue weighted by atomic mass is 16.6. The molecule has 0 aliphatic rings. The van der Waals surface area contributed by atoms with Gasteiger partial charge in [0.25, 0.3) is 5.69 Å². The van der Waals surface area contributed by atoms with Gasteiger partial charge in [0, 0.05) is 32.4 Å². The van der Waals surface area contributed by atoms with Gasteiger partial charge < -0.3 is 4.90 Å². The van der Waals surface area contributed by atoms with Crippen LogP contribution >= 0.6 is 0 Å². The van der Waals surface area contributed by atoms with E-state index in [1.54, 1.807) is 6.07 Å². The Hall–Kier alpha value is -1.84. The van der Waals surface area contributed by atoms with Crippen molar-refractivity contribution in [3.05, 3.63) is 38.8 Å². The van der Waals surface area contributed by atoms with E-state index in [1.807, 2.05) is 25.2 Å². The molecule has 1 aromatic rings. The molecule has 0 N–H and O–H groups in total. The first-order valence-corrected chi connectivity index (χ1v) is 4.12. The lowest BCUT2D eigenvalue weighted by Crippen LogP contribution is -2.25. The van der Waals surface area contributed by atoms with E-state index in [0.29, 0.717) is 5.22 Å². The maximum atomic E-state index is 10.4. The smallest absolute Gasteiger partial charge is 0.270 e. The highest BCUT2D eigenvalue weighted by Gasteiger charge is 2.02. The summed E-state index contributed by atoms with van der Waals surface area (Å²) >= 11 is 0. The van der Waals surface area contributed by atoms with Crippen LogP contribution in [0.25, 0.3) is 12.8 Å². The first kappa shape index (κ1) is 10.2. The molecule has 0 unspecified atom stereocenters. The van der Waals surface area contributed by atoms with Gasteiger partial charge in [-0.05, 0) is 16.5 Å². The lowest BCUT2D eigenvalue weighted by molar-refractivity contribution is -0.385. The van der Waals surface area contributed by atoms with Crippen molar-refractivity contribution >= 4 is 18.5 Å². The number of nitro benzene ring substituents is 1. The van der Waals surface area contributed by atoms with Gasteiger partial charge in [-0.15, -0.1) is 0 Å². The molecule has 0 radical (unpaired) electrons. The van der Waals surface area contributed by atoms with Crippen LogP contribution in [0.15, 0.2) is 18.2 Å². The zero-order valence-corrected chi connectivity index (χ0v) is 8.23. The third-order valence-electron chi connectivity index (χ3n) is 1.73. The van der Waals surface area contributed by atoms with Crippen LogP contribution in [0.5, 0.6) is 0 Å². The van der Waals surface area contributed by atoms with Gasteiger partial charge in [-0.3, -0.25) is 10.1 Å². The zero-order valence-electron chi connectivity index (χ0n) is 8.23. The molecular weight excluding hydrogens is 180 g/mol. The first-order chi connectivity index (χ1) is 6.50. The molecule has 4 nitrogen and oxygen atoms in total. The number of nitrogens with zero attached hydrogens (tertiary/aromatic N) is 2. The van der Waals surface area contributed by atoms with Crippen LogP contribution in [0, 0.1) is 10.1 Å². The highest BCUT2D eigenvalue weighted by Crippen LogP contribution is 2.02. The van der Waals surface area contributed by atoms with Gasteiger partial charge in [-0.2, -0.15) is 0 Å². The molecule has 0 saturated carbocycles. The van der Waals surface area contributed by atoms with E-state index < -0.39 is 4.92 Å². The predicted octanol–water partition coefficient (Wildman–Crippen LogP) is 0.305. The maximum Gasteiger partial charge on any atom is 0.270 e. The maximum absolute atomic E-state index is 10.4. The molecule has 0 heterocycles. The standard InChI is InChI=1S/C10H12N2O2/c1-8-6-10(12(13)14)5-4-9(8)7-11(2)3/h4-7H,1H2,2-3H3/b9-7-. The number of hydrogen-bond acceptors (Lipinski definition) is 3. The Morgan fingerprint density at radius 3 is 2.57 bits per heavy atom. The number of benzene rings is 1. The number of nitro groups is 1. The Bertz CT molecular complexity index is 452. The summed E-state index contributed by atoms with van der Waals surface area (Å²) in [6, 6.07) is 4.64. The van der Waals surface area contributed by atoms with Crippen LogP contribution in [0.4, 0.5) is 5.69 Å². The molecule has 74 valence electrons. The van der Waals surface area contributed by atoms with Crippen molar-refractivity contribution in [2.24, 2.45) is 0 Å². The molecule has 0 aliphatic heterocycles. The summed E-state index contributed by atoms with van der Waals surface area (Å²) in [4.78, 5) is 11.9. The summed E-state index contributed by atoms with van der Waals surface area (Å²) in [5.41, 5.74) is 0.0749. The molecule has 0 amide bonds. The Morgan fingerprint density at radius 1 is 1.50 bits per heavy atom. The molecule has 1 aromatic carbocycles. The molecule has 0 saturated heterocycles. The Morgan fingerprint density at radius 2 is 2.14 bits per heavy atom. The van der Waals surface area contributed by atoms with E-state index in [2.05, 4.69) is 6.58 Å². The first-order valence-electron chi connectivity index (χ1n) is 4.12. The fourth-order valence-corrected chi connectivity index (χ4v) is 1.11.